The summed E-state index contributed by atoms with van der Waals surface area (Å²) in [5.74, 6) is -0.677. The molecule has 2 N–H and O–H groups in total. The minimum absolute atomic E-state index is 0.00672. The number of para-hydroxylation sites is 1. The highest BCUT2D eigenvalue weighted by Gasteiger charge is 2.30. The van der Waals surface area contributed by atoms with Crippen molar-refractivity contribution in [3.8, 4) is 0 Å². The van der Waals surface area contributed by atoms with Crippen molar-refractivity contribution < 1.29 is 9.59 Å². The van der Waals surface area contributed by atoms with E-state index in [4.69, 9.17) is 5.73 Å². The van der Waals surface area contributed by atoms with Gasteiger partial charge in [0, 0.05) is 31.9 Å². The Hall–Kier alpha value is -2.63. The van der Waals surface area contributed by atoms with Gasteiger partial charge in [0.05, 0.1) is 12.1 Å². The van der Waals surface area contributed by atoms with Crippen molar-refractivity contribution in [1.82, 2.24) is 9.78 Å². The predicted molar refractivity (Wildman–Crippen MR) is 86.7 cm³/mol. The second kappa shape index (κ2) is 6.24. The molecular formula is C17H20N4O2. The number of aryl methyl sites for hydroxylation is 2. The third-order valence-electron chi connectivity index (χ3n) is 4.24. The average Bonchev–Trinajstić information content (AvgIpc) is 2.97. The predicted octanol–water partition coefficient (Wildman–Crippen LogP) is 1.04. The summed E-state index contributed by atoms with van der Waals surface area (Å²) in [6.07, 6.45) is 5.28. The number of carbonyl (C=O) groups is 2. The molecule has 0 radical (unpaired) electrons. The molecule has 6 nitrogen and oxygen atoms in total. The maximum atomic E-state index is 12.7. The van der Waals surface area contributed by atoms with Crippen molar-refractivity contribution in [3.05, 3.63) is 47.8 Å². The minimum Gasteiger partial charge on any atom is -0.369 e. The Morgan fingerprint density at radius 2 is 2.13 bits per heavy atom. The van der Waals surface area contributed by atoms with Crippen molar-refractivity contribution in [2.24, 2.45) is 18.7 Å². The summed E-state index contributed by atoms with van der Waals surface area (Å²) in [5, 5.41) is 4.11. The summed E-state index contributed by atoms with van der Waals surface area (Å²) < 4.78 is 1.72. The number of hydrogen-bond donors (Lipinski definition) is 1. The maximum Gasteiger partial charge on any atom is 0.227 e. The first-order chi connectivity index (χ1) is 11.0. The molecule has 1 unspecified atom stereocenters. The molecule has 2 aromatic rings. The van der Waals surface area contributed by atoms with Gasteiger partial charge >= 0.3 is 0 Å². The molecule has 0 spiro atoms. The Labute approximate surface area is 134 Å². The monoisotopic (exact) mass is 312 g/mol. The van der Waals surface area contributed by atoms with E-state index in [1.54, 1.807) is 15.8 Å². The van der Waals surface area contributed by atoms with Gasteiger partial charge in [-0.15, -0.1) is 0 Å². The van der Waals surface area contributed by atoms with E-state index in [-0.39, 0.29) is 17.7 Å². The van der Waals surface area contributed by atoms with Crippen LogP contribution in [0.1, 0.15) is 17.5 Å². The molecule has 1 aromatic carbocycles. The molecule has 0 bridgehead atoms. The molecule has 23 heavy (non-hydrogen) atoms. The van der Waals surface area contributed by atoms with Crippen molar-refractivity contribution in [3.63, 3.8) is 0 Å². The normalized spacial score (nSPS) is 16.9. The first-order valence-corrected chi connectivity index (χ1v) is 7.69. The van der Waals surface area contributed by atoms with Crippen LogP contribution in [0, 0.1) is 5.92 Å². The summed E-state index contributed by atoms with van der Waals surface area (Å²) in [4.78, 5) is 25.9. The van der Waals surface area contributed by atoms with E-state index >= 15 is 0 Å². The fourth-order valence-electron chi connectivity index (χ4n) is 3.01. The Balaban J connectivity index is 1.76. The highest BCUT2D eigenvalue weighted by atomic mass is 16.2. The van der Waals surface area contributed by atoms with Crippen molar-refractivity contribution in [2.75, 3.05) is 11.4 Å². The number of hydrogen-bond acceptors (Lipinski definition) is 3. The zero-order valence-corrected chi connectivity index (χ0v) is 13.1. The number of nitrogens with zero attached hydrogens (tertiary/aromatic N) is 3. The SMILES string of the molecule is Cn1cc(CCC(=O)N2CC(C(N)=O)Cc3ccccc32)cn1. The van der Waals surface area contributed by atoms with E-state index < -0.39 is 0 Å². The Morgan fingerprint density at radius 1 is 1.35 bits per heavy atom. The van der Waals surface area contributed by atoms with Gasteiger partial charge in [0.1, 0.15) is 0 Å². The van der Waals surface area contributed by atoms with Crippen LogP contribution < -0.4 is 10.6 Å². The van der Waals surface area contributed by atoms with E-state index in [1.165, 1.54) is 0 Å². The lowest BCUT2D eigenvalue weighted by Gasteiger charge is -2.33. The largest absolute Gasteiger partial charge is 0.369 e. The van der Waals surface area contributed by atoms with Crippen LogP contribution in [0.2, 0.25) is 0 Å². The van der Waals surface area contributed by atoms with Gasteiger partial charge in [-0.05, 0) is 30.0 Å². The second-order valence-electron chi connectivity index (χ2n) is 5.96. The van der Waals surface area contributed by atoms with Gasteiger partial charge in [0.2, 0.25) is 11.8 Å². The molecule has 0 fully saturated rings. The van der Waals surface area contributed by atoms with Crippen LogP contribution in [0.3, 0.4) is 0 Å². The number of aromatic nitrogens is 2. The molecular weight excluding hydrogens is 292 g/mol. The standard InChI is InChI=1S/C17H20N4O2/c1-20-10-12(9-19-20)6-7-16(22)21-11-14(17(18)23)8-13-4-2-3-5-15(13)21/h2-5,9-10,14H,6-8,11H2,1H3,(H2,18,23). The lowest BCUT2D eigenvalue weighted by molar-refractivity contribution is -0.122. The van der Waals surface area contributed by atoms with Gasteiger partial charge < -0.3 is 10.6 Å². The summed E-state index contributed by atoms with van der Waals surface area (Å²) in [6, 6.07) is 7.70. The Bertz CT molecular complexity index is 738. The molecule has 1 atom stereocenters. The fourth-order valence-corrected chi connectivity index (χ4v) is 3.01. The fraction of sp³-hybridized carbons (Fsp3) is 0.353. The van der Waals surface area contributed by atoms with Crippen LogP contribution in [-0.4, -0.2) is 28.1 Å². The van der Waals surface area contributed by atoms with E-state index in [0.717, 1.165) is 16.8 Å². The van der Waals surface area contributed by atoms with Crippen molar-refractivity contribution >= 4 is 17.5 Å². The number of rotatable bonds is 4. The van der Waals surface area contributed by atoms with Gasteiger partial charge in [-0.25, -0.2) is 0 Å². The molecule has 0 saturated heterocycles. The number of nitrogens with two attached hydrogens (primary N) is 1. The Kier molecular flexibility index (Phi) is 4.14. The second-order valence-corrected chi connectivity index (χ2v) is 5.96. The molecule has 0 saturated carbocycles. The smallest absolute Gasteiger partial charge is 0.227 e. The molecule has 1 aliphatic rings. The number of benzene rings is 1. The van der Waals surface area contributed by atoms with Crippen molar-refractivity contribution in [1.29, 1.82) is 0 Å². The van der Waals surface area contributed by atoms with E-state index in [2.05, 4.69) is 5.10 Å². The number of carbonyl (C=O) groups excluding carboxylic acids is 2. The average molecular weight is 312 g/mol. The maximum absolute atomic E-state index is 12.7. The van der Waals surface area contributed by atoms with Crippen LogP contribution in [0.5, 0.6) is 0 Å². The van der Waals surface area contributed by atoms with E-state index in [0.29, 0.717) is 25.8 Å². The van der Waals surface area contributed by atoms with Crippen molar-refractivity contribution in [2.45, 2.75) is 19.3 Å². The van der Waals surface area contributed by atoms with Crippen LogP contribution in [0.25, 0.3) is 0 Å². The third kappa shape index (κ3) is 3.26. The van der Waals surface area contributed by atoms with E-state index in [1.807, 2.05) is 37.5 Å². The van der Waals surface area contributed by atoms with Crippen LogP contribution >= 0.6 is 0 Å². The topological polar surface area (TPSA) is 81.2 Å². The molecule has 0 aliphatic carbocycles. The number of amides is 2. The summed E-state index contributed by atoms with van der Waals surface area (Å²) in [7, 11) is 1.85. The molecule has 6 heteroatoms. The quantitative estimate of drug-likeness (QED) is 0.916. The zero-order chi connectivity index (χ0) is 16.4. The van der Waals surface area contributed by atoms with Gasteiger partial charge in [-0.2, -0.15) is 5.10 Å². The zero-order valence-electron chi connectivity index (χ0n) is 13.1. The Morgan fingerprint density at radius 3 is 2.83 bits per heavy atom. The first-order valence-electron chi connectivity index (χ1n) is 7.69. The lowest BCUT2D eigenvalue weighted by atomic mass is 9.91. The summed E-state index contributed by atoms with van der Waals surface area (Å²) in [5.41, 5.74) is 8.38. The molecule has 120 valence electrons. The van der Waals surface area contributed by atoms with Crippen LogP contribution in [0.4, 0.5) is 5.69 Å². The van der Waals surface area contributed by atoms with Gasteiger partial charge in [0.25, 0.3) is 0 Å². The number of fused-ring (bicyclic) bond motifs is 1. The van der Waals surface area contributed by atoms with Crippen LogP contribution in [-0.2, 0) is 29.5 Å². The minimum atomic E-state index is -0.357. The summed E-state index contributed by atoms with van der Waals surface area (Å²) >= 11 is 0. The third-order valence-corrected chi connectivity index (χ3v) is 4.24. The summed E-state index contributed by atoms with van der Waals surface area (Å²) in [6.45, 7) is 0.359. The number of primary amides is 1. The van der Waals surface area contributed by atoms with Crippen LogP contribution in [0.15, 0.2) is 36.7 Å². The molecule has 2 heterocycles. The van der Waals surface area contributed by atoms with Gasteiger partial charge in [0.15, 0.2) is 0 Å². The highest BCUT2D eigenvalue weighted by Crippen LogP contribution is 2.30. The lowest BCUT2D eigenvalue weighted by Crippen LogP contribution is -2.44. The first kappa shape index (κ1) is 15.3. The number of anilines is 1. The van der Waals surface area contributed by atoms with E-state index in [9.17, 15) is 9.59 Å². The van der Waals surface area contributed by atoms with Gasteiger partial charge in [-0.3, -0.25) is 14.3 Å². The highest BCUT2D eigenvalue weighted by molar-refractivity contribution is 5.96. The molecule has 1 aliphatic heterocycles. The molecule has 1 aromatic heterocycles. The van der Waals surface area contributed by atoms with Gasteiger partial charge in [-0.1, -0.05) is 18.2 Å². The molecule has 3 rings (SSSR count). The molecule has 2 amide bonds.